The molecule has 0 bridgehead atoms. The zero-order valence-electron chi connectivity index (χ0n) is 14.4. The highest BCUT2D eigenvalue weighted by atomic mass is 32.2. The zero-order valence-corrected chi connectivity index (χ0v) is 15.2. The number of hydrogen-bond donors (Lipinski definition) is 1. The summed E-state index contributed by atoms with van der Waals surface area (Å²) in [7, 11) is -3.33. The molecule has 0 radical (unpaired) electrons. The average Bonchev–Trinajstić information content (AvgIpc) is 2.60. The van der Waals surface area contributed by atoms with Crippen LogP contribution in [0, 0.1) is 0 Å². The third kappa shape index (κ3) is 7.07. The minimum absolute atomic E-state index is 0.0722. The van der Waals surface area contributed by atoms with Crippen molar-refractivity contribution >= 4 is 15.9 Å². The van der Waals surface area contributed by atoms with Gasteiger partial charge < -0.3 is 5.32 Å². The van der Waals surface area contributed by atoms with Crippen molar-refractivity contribution in [3.05, 3.63) is 71.8 Å². The van der Waals surface area contributed by atoms with Crippen molar-refractivity contribution in [2.45, 2.75) is 19.4 Å². The highest BCUT2D eigenvalue weighted by Crippen LogP contribution is 2.07. The second-order valence-corrected chi connectivity index (χ2v) is 7.90. The number of amides is 1. The lowest BCUT2D eigenvalue weighted by molar-refractivity contribution is -0.121. The molecule has 0 aliphatic heterocycles. The van der Waals surface area contributed by atoms with Crippen molar-refractivity contribution in [2.24, 2.45) is 0 Å². The van der Waals surface area contributed by atoms with Crippen molar-refractivity contribution in [1.82, 2.24) is 9.62 Å². The van der Waals surface area contributed by atoms with E-state index in [4.69, 9.17) is 0 Å². The molecule has 2 aromatic carbocycles. The number of aryl methyl sites for hydroxylation is 1. The quantitative estimate of drug-likeness (QED) is 0.745. The summed E-state index contributed by atoms with van der Waals surface area (Å²) >= 11 is 0. The lowest BCUT2D eigenvalue weighted by atomic mass is 10.1. The molecule has 0 atom stereocenters. The summed E-state index contributed by atoms with van der Waals surface area (Å²) in [6.45, 7) is 0.859. The highest BCUT2D eigenvalue weighted by Gasteiger charge is 2.16. The number of carbonyl (C=O) groups excluding carboxylic acids is 1. The van der Waals surface area contributed by atoms with Gasteiger partial charge in [-0.3, -0.25) is 4.79 Å². The molecule has 6 heteroatoms. The summed E-state index contributed by atoms with van der Waals surface area (Å²) in [6, 6.07) is 19.2. The smallest absolute Gasteiger partial charge is 0.220 e. The van der Waals surface area contributed by atoms with Crippen LogP contribution in [0.5, 0.6) is 0 Å². The summed E-state index contributed by atoms with van der Waals surface area (Å²) < 4.78 is 25.2. The molecule has 1 amide bonds. The van der Waals surface area contributed by atoms with Crippen molar-refractivity contribution < 1.29 is 13.2 Å². The van der Waals surface area contributed by atoms with Gasteiger partial charge in [0, 0.05) is 26.1 Å². The van der Waals surface area contributed by atoms with E-state index in [1.54, 1.807) is 0 Å². The standard InChI is InChI=1S/C19H24N2O3S/c1-25(23,24)21(16-18-10-6-3-7-11-18)15-14-20-19(22)13-12-17-8-4-2-5-9-17/h2-11H,12-16H2,1H3,(H,20,22). The van der Waals surface area contributed by atoms with Gasteiger partial charge in [0.1, 0.15) is 0 Å². The summed E-state index contributed by atoms with van der Waals surface area (Å²) in [5, 5.41) is 2.80. The van der Waals surface area contributed by atoms with Crippen LogP contribution in [0.25, 0.3) is 0 Å². The predicted octanol–water partition coefficient (Wildman–Crippen LogP) is 2.20. The number of nitrogens with one attached hydrogen (secondary N) is 1. The molecule has 2 rings (SSSR count). The third-order valence-electron chi connectivity index (χ3n) is 3.84. The lowest BCUT2D eigenvalue weighted by Gasteiger charge is -2.20. The maximum atomic E-state index is 11.9. The minimum Gasteiger partial charge on any atom is -0.355 e. The van der Waals surface area contributed by atoms with Gasteiger partial charge in [0.15, 0.2) is 0 Å². The third-order valence-corrected chi connectivity index (χ3v) is 5.09. The highest BCUT2D eigenvalue weighted by molar-refractivity contribution is 7.88. The molecular formula is C19H24N2O3S. The second kappa shape index (κ2) is 9.34. The van der Waals surface area contributed by atoms with Crippen molar-refractivity contribution in [3.63, 3.8) is 0 Å². The molecule has 134 valence electrons. The van der Waals surface area contributed by atoms with E-state index in [1.807, 2.05) is 60.7 Å². The summed E-state index contributed by atoms with van der Waals surface area (Å²) in [5.74, 6) is -0.0722. The van der Waals surface area contributed by atoms with Crippen LogP contribution in [0.15, 0.2) is 60.7 Å². The Labute approximate surface area is 149 Å². The maximum Gasteiger partial charge on any atom is 0.220 e. The molecule has 0 saturated carbocycles. The number of carbonyl (C=O) groups is 1. The molecule has 0 aliphatic carbocycles. The van der Waals surface area contributed by atoms with Crippen molar-refractivity contribution in [3.8, 4) is 0 Å². The Morgan fingerprint density at radius 3 is 2.08 bits per heavy atom. The zero-order chi connectivity index (χ0) is 18.1. The number of sulfonamides is 1. The van der Waals surface area contributed by atoms with E-state index in [-0.39, 0.29) is 12.5 Å². The first-order valence-corrected chi connectivity index (χ1v) is 10.1. The Morgan fingerprint density at radius 2 is 1.52 bits per heavy atom. The fraction of sp³-hybridized carbons (Fsp3) is 0.316. The molecule has 1 N–H and O–H groups in total. The van der Waals surface area contributed by atoms with Crippen molar-refractivity contribution in [2.75, 3.05) is 19.3 Å². The van der Waals surface area contributed by atoms with Gasteiger partial charge in [-0.25, -0.2) is 8.42 Å². The lowest BCUT2D eigenvalue weighted by Crippen LogP contribution is -2.37. The number of benzene rings is 2. The van der Waals surface area contributed by atoms with E-state index in [9.17, 15) is 13.2 Å². The summed E-state index contributed by atoms with van der Waals surface area (Å²) in [4.78, 5) is 11.9. The minimum atomic E-state index is -3.33. The van der Waals surface area contributed by atoms with Crippen LogP contribution >= 0.6 is 0 Å². The number of hydrogen-bond acceptors (Lipinski definition) is 3. The van der Waals surface area contributed by atoms with Gasteiger partial charge >= 0.3 is 0 Å². The van der Waals surface area contributed by atoms with Crippen LogP contribution in [0.1, 0.15) is 17.5 Å². The Balaban J connectivity index is 1.79. The molecule has 0 heterocycles. The number of nitrogens with zero attached hydrogens (tertiary/aromatic N) is 1. The maximum absolute atomic E-state index is 11.9. The van der Waals surface area contributed by atoms with Gasteiger partial charge in [0.2, 0.25) is 15.9 Å². The first-order valence-electron chi connectivity index (χ1n) is 8.25. The predicted molar refractivity (Wildman–Crippen MR) is 99.5 cm³/mol. The monoisotopic (exact) mass is 360 g/mol. The summed E-state index contributed by atoms with van der Waals surface area (Å²) in [6.07, 6.45) is 2.25. The fourth-order valence-corrected chi connectivity index (χ4v) is 3.27. The molecule has 25 heavy (non-hydrogen) atoms. The van der Waals surface area contributed by atoms with Gasteiger partial charge in [0.05, 0.1) is 6.26 Å². The van der Waals surface area contributed by atoms with E-state index >= 15 is 0 Å². The topological polar surface area (TPSA) is 66.5 Å². The Morgan fingerprint density at radius 1 is 0.960 bits per heavy atom. The SMILES string of the molecule is CS(=O)(=O)N(CCNC(=O)CCc1ccccc1)Cc1ccccc1. The molecule has 0 fully saturated rings. The normalized spacial score (nSPS) is 11.4. The van der Waals surface area contributed by atoms with Crippen LogP contribution in [0.3, 0.4) is 0 Å². The van der Waals surface area contributed by atoms with E-state index in [0.29, 0.717) is 25.9 Å². The van der Waals surface area contributed by atoms with Gasteiger partial charge in [-0.1, -0.05) is 60.7 Å². The molecule has 0 saturated heterocycles. The Kier molecular flexibility index (Phi) is 7.16. The van der Waals surface area contributed by atoms with E-state index in [2.05, 4.69) is 5.32 Å². The molecule has 0 spiro atoms. The van der Waals surface area contributed by atoms with Crippen LogP contribution in [0.2, 0.25) is 0 Å². The largest absolute Gasteiger partial charge is 0.355 e. The average molecular weight is 360 g/mol. The van der Waals surface area contributed by atoms with Crippen LogP contribution in [0.4, 0.5) is 0 Å². The fourth-order valence-electron chi connectivity index (χ4n) is 2.46. The molecular weight excluding hydrogens is 336 g/mol. The first-order chi connectivity index (χ1) is 11.9. The van der Waals surface area contributed by atoms with E-state index in [1.165, 1.54) is 10.6 Å². The van der Waals surface area contributed by atoms with Gasteiger partial charge in [0.25, 0.3) is 0 Å². The van der Waals surface area contributed by atoms with Crippen LogP contribution in [-0.2, 0) is 27.8 Å². The van der Waals surface area contributed by atoms with Gasteiger partial charge in [-0.15, -0.1) is 0 Å². The number of rotatable bonds is 9. The molecule has 0 unspecified atom stereocenters. The van der Waals surface area contributed by atoms with Gasteiger partial charge in [-0.05, 0) is 17.5 Å². The second-order valence-electron chi connectivity index (χ2n) is 5.92. The van der Waals surface area contributed by atoms with Gasteiger partial charge in [-0.2, -0.15) is 4.31 Å². The van der Waals surface area contributed by atoms with Crippen LogP contribution in [-0.4, -0.2) is 38.0 Å². The first kappa shape index (κ1) is 19.1. The molecule has 5 nitrogen and oxygen atoms in total. The van der Waals surface area contributed by atoms with Crippen molar-refractivity contribution in [1.29, 1.82) is 0 Å². The summed E-state index contributed by atoms with van der Waals surface area (Å²) in [5.41, 5.74) is 2.03. The Bertz CT molecular complexity index is 762. The Hall–Kier alpha value is -2.18. The van der Waals surface area contributed by atoms with Crippen LogP contribution < -0.4 is 5.32 Å². The van der Waals surface area contributed by atoms with E-state index < -0.39 is 10.0 Å². The molecule has 0 aliphatic rings. The van der Waals surface area contributed by atoms with E-state index in [0.717, 1.165) is 11.1 Å². The molecule has 2 aromatic rings. The molecule has 0 aromatic heterocycles.